The molecule has 0 saturated carbocycles. The Bertz CT molecular complexity index is 701. The number of aromatic nitrogens is 1. The highest BCUT2D eigenvalue weighted by Gasteiger charge is 2.00. The average Bonchev–Trinajstić information content (AvgIpc) is 2.87. The Morgan fingerprint density at radius 3 is 2.78 bits per heavy atom. The fraction of sp³-hybridized carbons (Fsp3) is 0. The standard InChI is InChI=1S/C14H11N3S/c15-14(10-4-2-1-3-5-10)17-11-6-7-12-13(8-11)18-9-16-12/h1-9H,(H2,15,17). The zero-order chi connectivity index (χ0) is 12.4. The highest BCUT2D eigenvalue weighted by molar-refractivity contribution is 7.16. The van der Waals surface area contributed by atoms with E-state index in [-0.39, 0.29) is 0 Å². The van der Waals surface area contributed by atoms with E-state index in [1.807, 2.05) is 54.0 Å². The normalized spacial score (nSPS) is 11.9. The number of benzene rings is 2. The number of thiazole rings is 1. The summed E-state index contributed by atoms with van der Waals surface area (Å²) in [5, 5.41) is 0. The lowest BCUT2D eigenvalue weighted by atomic mass is 10.2. The third-order valence-corrected chi connectivity index (χ3v) is 3.43. The van der Waals surface area contributed by atoms with E-state index >= 15 is 0 Å². The molecule has 18 heavy (non-hydrogen) atoms. The molecule has 0 spiro atoms. The van der Waals surface area contributed by atoms with Gasteiger partial charge in [0.15, 0.2) is 0 Å². The topological polar surface area (TPSA) is 51.3 Å². The lowest BCUT2D eigenvalue weighted by Gasteiger charge is -2.00. The van der Waals surface area contributed by atoms with Crippen LogP contribution in [0.5, 0.6) is 0 Å². The molecule has 0 saturated heterocycles. The van der Waals surface area contributed by atoms with Crippen LogP contribution in [0.25, 0.3) is 10.2 Å². The van der Waals surface area contributed by atoms with Gasteiger partial charge in [-0.05, 0) is 18.2 Å². The van der Waals surface area contributed by atoms with Crippen LogP contribution in [0.3, 0.4) is 0 Å². The molecule has 0 aliphatic carbocycles. The van der Waals surface area contributed by atoms with Gasteiger partial charge < -0.3 is 5.73 Å². The number of nitrogens with two attached hydrogens (primary N) is 1. The molecule has 4 heteroatoms. The van der Waals surface area contributed by atoms with Crippen LogP contribution in [-0.2, 0) is 0 Å². The largest absolute Gasteiger partial charge is 0.383 e. The lowest BCUT2D eigenvalue weighted by molar-refractivity contribution is 1.45. The molecule has 1 aromatic heterocycles. The second kappa shape index (κ2) is 4.58. The number of nitrogens with zero attached hydrogens (tertiary/aromatic N) is 2. The van der Waals surface area contributed by atoms with Gasteiger partial charge in [-0.25, -0.2) is 9.98 Å². The van der Waals surface area contributed by atoms with Gasteiger partial charge in [0, 0.05) is 5.56 Å². The van der Waals surface area contributed by atoms with Crippen molar-refractivity contribution in [1.82, 2.24) is 4.98 Å². The first-order valence-corrected chi connectivity index (χ1v) is 6.44. The molecule has 3 aromatic rings. The molecule has 0 bridgehead atoms. The minimum absolute atomic E-state index is 0.527. The molecule has 2 aromatic carbocycles. The number of hydrogen-bond acceptors (Lipinski definition) is 3. The van der Waals surface area contributed by atoms with E-state index in [2.05, 4.69) is 9.98 Å². The molecule has 3 nitrogen and oxygen atoms in total. The van der Waals surface area contributed by atoms with E-state index in [1.54, 1.807) is 11.3 Å². The molecular weight excluding hydrogens is 242 g/mol. The first-order valence-electron chi connectivity index (χ1n) is 5.56. The van der Waals surface area contributed by atoms with Gasteiger partial charge in [0.2, 0.25) is 0 Å². The van der Waals surface area contributed by atoms with Crippen LogP contribution in [0.1, 0.15) is 5.56 Å². The minimum atomic E-state index is 0.527. The van der Waals surface area contributed by atoms with Gasteiger partial charge in [-0.3, -0.25) is 0 Å². The van der Waals surface area contributed by atoms with Crippen molar-refractivity contribution >= 4 is 33.1 Å². The molecule has 0 aliphatic heterocycles. The smallest absolute Gasteiger partial charge is 0.131 e. The molecule has 0 fully saturated rings. The van der Waals surface area contributed by atoms with Crippen LogP contribution >= 0.6 is 11.3 Å². The van der Waals surface area contributed by atoms with Gasteiger partial charge in [0.25, 0.3) is 0 Å². The Morgan fingerprint density at radius 1 is 1.11 bits per heavy atom. The molecule has 0 radical (unpaired) electrons. The Kier molecular flexibility index (Phi) is 2.78. The zero-order valence-electron chi connectivity index (χ0n) is 9.58. The van der Waals surface area contributed by atoms with Gasteiger partial charge in [0.1, 0.15) is 5.84 Å². The highest BCUT2D eigenvalue weighted by atomic mass is 32.1. The molecule has 0 atom stereocenters. The number of amidine groups is 1. The Morgan fingerprint density at radius 2 is 1.94 bits per heavy atom. The van der Waals surface area contributed by atoms with E-state index in [9.17, 15) is 0 Å². The molecule has 88 valence electrons. The van der Waals surface area contributed by atoms with Crippen molar-refractivity contribution in [1.29, 1.82) is 0 Å². The highest BCUT2D eigenvalue weighted by Crippen LogP contribution is 2.23. The average molecular weight is 253 g/mol. The van der Waals surface area contributed by atoms with Crippen LogP contribution in [-0.4, -0.2) is 10.8 Å². The van der Waals surface area contributed by atoms with Crippen molar-refractivity contribution in [3.05, 3.63) is 59.6 Å². The maximum atomic E-state index is 5.98. The van der Waals surface area contributed by atoms with Crippen molar-refractivity contribution in [2.75, 3.05) is 0 Å². The van der Waals surface area contributed by atoms with Gasteiger partial charge >= 0.3 is 0 Å². The fourth-order valence-corrected chi connectivity index (χ4v) is 2.44. The van der Waals surface area contributed by atoms with Crippen molar-refractivity contribution < 1.29 is 0 Å². The number of fused-ring (bicyclic) bond motifs is 1. The van der Waals surface area contributed by atoms with Crippen LogP contribution < -0.4 is 5.73 Å². The number of hydrogen-bond donors (Lipinski definition) is 1. The maximum Gasteiger partial charge on any atom is 0.131 e. The van der Waals surface area contributed by atoms with Crippen LogP contribution in [0.15, 0.2) is 59.0 Å². The van der Waals surface area contributed by atoms with Crippen molar-refractivity contribution in [2.45, 2.75) is 0 Å². The second-order valence-corrected chi connectivity index (χ2v) is 4.75. The SMILES string of the molecule is NC(=Nc1ccc2ncsc2c1)c1ccccc1. The molecule has 2 N–H and O–H groups in total. The number of aliphatic imine (C=N–C) groups is 1. The van der Waals surface area contributed by atoms with Crippen LogP contribution in [0.2, 0.25) is 0 Å². The molecule has 0 aliphatic rings. The minimum Gasteiger partial charge on any atom is -0.383 e. The quantitative estimate of drug-likeness (QED) is 0.562. The van der Waals surface area contributed by atoms with E-state index in [0.717, 1.165) is 21.5 Å². The summed E-state index contributed by atoms with van der Waals surface area (Å²) in [5.74, 6) is 0.527. The summed E-state index contributed by atoms with van der Waals surface area (Å²) in [6.45, 7) is 0. The summed E-state index contributed by atoms with van der Waals surface area (Å²) in [6, 6.07) is 15.6. The molecule has 3 rings (SSSR count). The Hall–Kier alpha value is -2.20. The Balaban J connectivity index is 2.00. The summed E-state index contributed by atoms with van der Waals surface area (Å²) in [5.41, 5.74) is 10.6. The first kappa shape index (κ1) is 10.9. The first-order chi connectivity index (χ1) is 8.83. The van der Waals surface area contributed by atoms with E-state index in [4.69, 9.17) is 5.73 Å². The van der Waals surface area contributed by atoms with E-state index in [1.165, 1.54) is 0 Å². The predicted molar refractivity (Wildman–Crippen MR) is 76.4 cm³/mol. The van der Waals surface area contributed by atoms with E-state index < -0.39 is 0 Å². The zero-order valence-corrected chi connectivity index (χ0v) is 10.4. The molecular formula is C14H11N3S. The fourth-order valence-electron chi connectivity index (χ4n) is 1.73. The summed E-state index contributed by atoms with van der Waals surface area (Å²) < 4.78 is 1.12. The van der Waals surface area contributed by atoms with Gasteiger partial charge in [-0.2, -0.15) is 0 Å². The lowest BCUT2D eigenvalue weighted by Crippen LogP contribution is -2.12. The van der Waals surface area contributed by atoms with Crippen molar-refractivity contribution in [3.8, 4) is 0 Å². The van der Waals surface area contributed by atoms with Crippen LogP contribution in [0, 0.1) is 0 Å². The summed E-state index contributed by atoms with van der Waals surface area (Å²) >= 11 is 1.60. The maximum absolute atomic E-state index is 5.98. The second-order valence-electron chi connectivity index (χ2n) is 3.87. The van der Waals surface area contributed by atoms with Gasteiger partial charge in [-0.15, -0.1) is 11.3 Å². The van der Waals surface area contributed by atoms with Gasteiger partial charge in [0.05, 0.1) is 21.4 Å². The molecule has 0 unspecified atom stereocenters. The molecule has 0 amide bonds. The third kappa shape index (κ3) is 2.10. The van der Waals surface area contributed by atoms with E-state index in [0.29, 0.717) is 5.84 Å². The monoisotopic (exact) mass is 253 g/mol. The Labute approximate surface area is 109 Å². The predicted octanol–water partition coefficient (Wildman–Crippen LogP) is 3.33. The van der Waals surface area contributed by atoms with Crippen molar-refractivity contribution in [2.24, 2.45) is 10.7 Å². The van der Waals surface area contributed by atoms with Crippen LogP contribution in [0.4, 0.5) is 5.69 Å². The summed E-state index contributed by atoms with van der Waals surface area (Å²) in [7, 11) is 0. The van der Waals surface area contributed by atoms with Crippen molar-refractivity contribution in [3.63, 3.8) is 0 Å². The summed E-state index contributed by atoms with van der Waals surface area (Å²) in [4.78, 5) is 8.67. The molecule has 1 heterocycles. The van der Waals surface area contributed by atoms with Gasteiger partial charge in [-0.1, -0.05) is 30.3 Å². The third-order valence-electron chi connectivity index (χ3n) is 2.63. The number of rotatable bonds is 2. The summed E-state index contributed by atoms with van der Waals surface area (Å²) in [6.07, 6.45) is 0.